The van der Waals surface area contributed by atoms with Crippen LogP contribution in [0, 0.1) is 5.92 Å². The molecular weight excluding hydrogens is 236 g/mol. The van der Waals surface area contributed by atoms with E-state index in [4.69, 9.17) is 9.47 Å². The molecule has 0 aliphatic carbocycles. The summed E-state index contributed by atoms with van der Waals surface area (Å²) in [7, 11) is 0. The van der Waals surface area contributed by atoms with Crippen molar-refractivity contribution < 1.29 is 9.47 Å². The van der Waals surface area contributed by atoms with Gasteiger partial charge in [0.25, 0.3) is 0 Å². The van der Waals surface area contributed by atoms with Crippen LogP contribution in [-0.2, 0) is 6.42 Å². The minimum Gasteiger partial charge on any atom is -0.493 e. The topological polar surface area (TPSA) is 18.5 Å². The summed E-state index contributed by atoms with van der Waals surface area (Å²) in [6.45, 7) is 11.8. The SMILES string of the molecule is C=CCc1ccc(OCCC)cc1OCCC(C)C. The van der Waals surface area contributed by atoms with E-state index in [-0.39, 0.29) is 0 Å². The van der Waals surface area contributed by atoms with Gasteiger partial charge in [-0.25, -0.2) is 0 Å². The summed E-state index contributed by atoms with van der Waals surface area (Å²) < 4.78 is 11.5. The van der Waals surface area contributed by atoms with E-state index in [1.165, 1.54) is 5.56 Å². The van der Waals surface area contributed by atoms with Crippen molar-refractivity contribution in [3.05, 3.63) is 36.4 Å². The Morgan fingerprint density at radius 3 is 2.63 bits per heavy atom. The lowest BCUT2D eigenvalue weighted by atomic mass is 10.1. The van der Waals surface area contributed by atoms with E-state index in [2.05, 4.69) is 33.4 Å². The van der Waals surface area contributed by atoms with E-state index in [0.717, 1.165) is 44.0 Å². The quantitative estimate of drug-likeness (QED) is 0.604. The van der Waals surface area contributed by atoms with Gasteiger partial charge in [0.1, 0.15) is 11.5 Å². The van der Waals surface area contributed by atoms with Crippen molar-refractivity contribution in [1.82, 2.24) is 0 Å². The molecule has 0 aliphatic rings. The van der Waals surface area contributed by atoms with Gasteiger partial charge in [0, 0.05) is 6.07 Å². The largest absolute Gasteiger partial charge is 0.493 e. The van der Waals surface area contributed by atoms with Crippen molar-refractivity contribution in [2.45, 2.75) is 40.0 Å². The number of ether oxygens (including phenoxy) is 2. The molecule has 0 fully saturated rings. The minimum atomic E-state index is 0.655. The van der Waals surface area contributed by atoms with Crippen LogP contribution >= 0.6 is 0 Å². The number of hydrogen-bond donors (Lipinski definition) is 0. The Morgan fingerprint density at radius 2 is 2.00 bits per heavy atom. The molecule has 2 nitrogen and oxygen atoms in total. The second-order valence-corrected chi connectivity index (χ2v) is 5.14. The third-order valence-corrected chi connectivity index (χ3v) is 2.83. The van der Waals surface area contributed by atoms with Gasteiger partial charge in [0.05, 0.1) is 13.2 Å². The summed E-state index contributed by atoms with van der Waals surface area (Å²) in [6, 6.07) is 6.07. The highest BCUT2D eigenvalue weighted by Crippen LogP contribution is 2.26. The van der Waals surface area contributed by atoms with Gasteiger partial charge in [0.15, 0.2) is 0 Å². The molecule has 0 radical (unpaired) electrons. The van der Waals surface area contributed by atoms with Gasteiger partial charge in [-0.05, 0) is 36.8 Å². The van der Waals surface area contributed by atoms with Crippen LogP contribution in [0.3, 0.4) is 0 Å². The van der Waals surface area contributed by atoms with Crippen molar-refractivity contribution in [3.63, 3.8) is 0 Å². The third kappa shape index (κ3) is 5.82. The first kappa shape index (κ1) is 15.6. The Morgan fingerprint density at radius 1 is 1.21 bits per heavy atom. The molecule has 1 aromatic rings. The third-order valence-electron chi connectivity index (χ3n) is 2.83. The zero-order chi connectivity index (χ0) is 14.1. The maximum atomic E-state index is 5.89. The molecule has 0 amide bonds. The predicted molar refractivity (Wildman–Crippen MR) is 81.1 cm³/mol. The summed E-state index contributed by atoms with van der Waals surface area (Å²) in [5.74, 6) is 2.46. The molecule has 0 saturated carbocycles. The lowest BCUT2D eigenvalue weighted by molar-refractivity contribution is 0.281. The molecule has 1 aromatic carbocycles. The fraction of sp³-hybridized carbons (Fsp3) is 0.529. The Kier molecular flexibility index (Phi) is 7.09. The Bertz CT molecular complexity index is 383. The molecule has 106 valence electrons. The fourth-order valence-electron chi connectivity index (χ4n) is 1.71. The van der Waals surface area contributed by atoms with E-state index in [9.17, 15) is 0 Å². The van der Waals surface area contributed by atoms with Gasteiger partial charge in [0.2, 0.25) is 0 Å². The Balaban J connectivity index is 2.73. The lowest BCUT2D eigenvalue weighted by Gasteiger charge is -2.14. The predicted octanol–water partition coefficient (Wildman–Crippen LogP) is 4.63. The van der Waals surface area contributed by atoms with Crippen LogP contribution < -0.4 is 9.47 Å². The van der Waals surface area contributed by atoms with E-state index in [0.29, 0.717) is 5.92 Å². The maximum Gasteiger partial charge on any atom is 0.126 e. The first-order chi connectivity index (χ1) is 9.17. The van der Waals surface area contributed by atoms with Crippen molar-refractivity contribution in [3.8, 4) is 11.5 Å². The van der Waals surface area contributed by atoms with E-state index < -0.39 is 0 Å². The highest BCUT2D eigenvalue weighted by Gasteiger charge is 2.06. The van der Waals surface area contributed by atoms with Crippen LogP contribution in [0.15, 0.2) is 30.9 Å². The van der Waals surface area contributed by atoms with Crippen LogP contribution in [0.25, 0.3) is 0 Å². The molecule has 0 heterocycles. The van der Waals surface area contributed by atoms with Crippen LogP contribution in [0.2, 0.25) is 0 Å². The zero-order valence-electron chi connectivity index (χ0n) is 12.4. The van der Waals surface area contributed by atoms with Gasteiger partial charge in [-0.15, -0.1) is 6.58 Å². The first-order valence-corrected chi connectivity index (χ1v) is 7.16. The summed E-state index contributed by atoms with van der Waals surface area (Å²) in [5, 5.41) is 0. The number of rotatable bonds is 9. The van der Waals surface area contributed by atoms with E-state index in [1.807, 2.05) is 18.2 Å². The highest BCUT2D eigenvalue weighted by atomic mass is 16.5. The average Bonchev–Trinajstić information content (AvgIpc) is 2.38. The number of hydrogen-bond acceptors (Lipinski definition) is 2. The second kappa shape index (κ2) is 8.63. The van der Waals surface area contributed by atoms with Crippen molar-refractivity contribution in [2.24, 2.45) is 5.92 Å². The minimum absolute atomic E-state index is 0.655. The van der Waals surface area contributed by atoms with E-state index in [1.54, 1.807) is 0 Å². The standard InChI is InChI=1S/C17H26O2/c1-5-7-15-8-9-16(18-11-6-2)13-17(15)19-12-10-14(3)4/h5,8-9,13-14H,1,6-7,10-12H2,2-4H3. The summed E-state index contributed by atoms with van der Waals surface area (Å²) >= 11 is 0. The summed E-state index contributed by atoms with van der Waals surface area (Å²) in [6.07, 6.45) is 4.80. The maximum absolute atomic E-state index is 5.89. The van der Waals surface area contributed by atoms with Gasteiger partial charge < -0.3 is 9.47 Å². The molecule has 0 bridgehead atoms. The van der Waals surface area contributed by atoms with E-state index >= 15 is 0 Å². The fourth-order valence-corrected chi connectivity index (χ4v) is 1.71. The summed E-state index contributed by atoms with van der Waals surface area (Å²) in [5.41, 5.74) is 1.17. The zero-order valence-corrected chi connectivity index (χ0v) is 12.4. The first-order valence-electron chi connectivity index (χ1n) is 7.16. The molecule has 0 saturated heterocycles. The monoisotopic (exact) mass is 262 g/mol. The number of benzene rings is 1. The second-order valence-electron chi connectivity index (χ2n) is 5.14. The molecule has 1 rings (SSSR count). The van der Waals surface area contributed by atoms with Crippen molar-refractivity contribution >= 4 is 0 Å². The Hall–Kier alpha value is -1.44. The van der Waals surface area contributed by atoms with Gasteiger partial charge >= 0.3 is 0 Å². The van der Waals surface area contributed by atoms with Gasteiger partial charge in [-0.3, -0.25) is 0 Å². The lowest BCUT2D eigenvalue weighted by Crippen LogP contribution is -2.04. The molecule has 0 spiro atoms. The van der Waals surface area contributed by atoms with Crippen molar-refractivity contribution in [2.75, 3.05) is 13.2 Å². The highest BCUT2D eigenvalue weighted by molar-refractivity contribution is 5.41. The molecule has 0 aliphatic heterocycles. The molecule has 19 heavy (non-hydrogen) atoms. The smallest absolute Gasteiger partial charge is 0.126 e. The Labute approximate surface area is 117 Å². The molecule has 0 aromatic heterocycles. The van der Waals surface area contributed by atoms with Crippen LogP contribution in [-0.4, -0.2) is 13.2 Å². The summed E-state index contributed by atoms with van der Waals surface area (Å²) in [4.78, 5) is 0. The van der Waals surface area contributed by atoms with Crippen LogP contribution in [0.1, 0.15) is 39.2 Å². The normalized spacial score (nSPS) is 10.5. The van der Waals surface area contributed by atoms with Crippen molar-refractivity contribution in [1.29, 1.82) is 0 Å². The molecule has 0 atom stereocenters. The van der Waals surface area contributed by atoms with Gasteiger partial charge in [-0.2, -0.15) is 0 Å². The van der Waals surface area contributed by atoms with Gasteiger partial charge in [-0.1, -0.05) is 32.9 Å². The molecule has 0 unspecified atom stereocenters. The molecule has 2 heteroatoms. The number of allylic oxidation sites excluding steroid dienone is 1. The average molecular weight is 262 g/mol. The van der Waals surface area contributed by atoms with Crippen LogP contribution in [0.4, 0.5) is 0 Å². The molecule has 0 N–H and O–H groups in total. The van der Waals surface area contributed by atoms with Crippen LogP contribution in [0.5, 0.6) is 11.5 Å². The molecular formula is C17H26O2.